The average molecular weight is 504 g/mol. The molecule has 194 valence electrons. The number of aliphatic hydroxyl groups is 1. The smallest absolute Gasteiger partial charge is 0.339 e. The zero-order chi connectivity index (χ0) is 27.0. The van der Waals surface area contributed by atoms with Gasteiger partial charge in [-0.25, -0.2) is 9.18 Å². The maximum Gasteiger partial charge on any atom is 0.339 e. The number of aromatic hydroxyl groups is 1. The fourth-order valence-corrected chi connectivity index (χ4v) is 5.07. The van der Waals surface area contributed by atoms with Gasteiger partial charge in [-0.3, -0.25) is 0 Å². The number of hydrogen-bond acceptors (Lipinski definition) is 4. The molecule has 1 aliphatic carbocycles. The number of benzene rings is 3. The molecule has 1 aliphatic rings. The molecule has 0 amide bonds. The summed E-state index contributed by atoms with van der Waals surface area (Å²) in [7, 11) is 0. The van der Waals surface area contributed by atoms with Crippen LogP contribution in [0.2, 0.25) is 0 Å². The minimum atomic E-state index is -1.20. The molecule has 4 rings (SSSR count). The van der Waals surface area contributed by atoms with Gasteiger partial charge >= 0.3 is 5.97 Å². The maximum absolute atomic E-state index is 13.4. The average Bonchev–Trinajstić information content (AvgIpc) is 2.84. The second-order valence-electron chi connectivity index (χ2n) is 11.1. The van der Waals surface area contributed by atoms with Crippen LogP contribution in [0.4, 0.5) is 10.1 Å². The monoisotopic (exact) mass is 503 g/mol. The number of halogens is 1. The van der Waals surface area contributed by atoms with Gasteiger partial charge in [0.05, 0.1) is 6.10 Å². The lowest BCUT2D eigenvalue weighted by atomic mass is 9.62. The maximum atomic E-state index is 13.4. The molecule has 37 heavy (non-hydrogen) atoms. The van der Waals surface area contributed by atoms with E-state index in [0.717, 1.165) is 29.7 Å². The van der Waals surface area contributed by atoms with E-state index in [1.165, 1.54) is 35.4 Å². The predicted octanol–water partition coefficient (Wildman–Crippen LogP) is 6.94. The molecule has 1 atom stereocenters. The van der Waals surface area contributed by atoms with E-state index in [2.05, 4.69) is 39.1 Å². The number of carbonyl (C=O) groups is 1. The third kappa shape index (κ3) is 5.70. The molecule has 3 aromatic carbocycles. The lowest BCUT2D eigenvalue weighted by molar-refractivity contribution is 0.0693. The predicted molar refractivity (Wildman–Crippen MR) is 145 cm³/mol. The van der Waals surface area contributed by atoms with Crippen molar-refractivity contribution in [2.75, 3.05) is 5.32 Å². The van der Waals surface area contributed by atoms with Gasteiger partial charge in [-0.05, 0) is 81.8 Å². The molecule has 5 nitrogen and oxygen atoms in total. The van der Waals surface area contributed by atoms with Gasteiger partial charge in [0.25, 0.3) is 0 Å². The van der Waals surface area contributed by atoms with Gasteiger partial charge in [0.2, 0.25) is 0 Å². The molecule has 0 saturated heterocycles. The molecule has 0 fully saturated rings. The summed E-state index contributed by atoms with van der Waals surface area (Å²) in [5.74, 6) is -1.80. The number of fused-ring (bicyclic) bond motifs is 1. The molecule has 3 aromatic rings. The van der Waals surface area contributed by atoms with Gasteiger partial charge in [0, 0.05) is 12.2 Å². The number of anilines is 1. The molecule has 0 saturated carbocycles. The molecule has 6 heteroatoms. The first-order chi connectivity index (χ1) is 17.4. The van der Waals surface area contributed by atoms with Crippen molar-refractivity contribution >= 4 is 17.7 Å². The van der Waals surface area contributed by atoms with E-state index in [-0.39, 0.29) is 28.0 Å². The number of nitrogens with one attached hydrogen (secondary N) is 1. The van der Waals surface area contributed by atoms with Gasteiger partial charge in [-0.1, -0.05) is 64.1 Å². The van der Waals surface area contributed by atoms with Crippen molar-refractivity contribution in [3.8, 4) is 5.75 Å². The lowest BCUT2D eigenvalue weighted by Gasteiger charge is -2.43. The molecule has 4 N–H and O–H groups in total. The molecular weight excluding hydrogens is 469 g/mol. The first-order valence-electron chi connectivity index (χ1n) is 12.5. The van der Waals surface area contributed by atoms with Gasteiger partial charge in [0.15, 0.2) is 0 Å². The number of aromatic carboxylic acids is 1. The molecular formula is C31H34FNO4. The number of carboxylic acids is 1. The van der Waals surface area contributed by atoms with Crippen LogP contribution in [0.25, 0.3) is 6.08 Å². The van der Waals surface area contributed by atoms with Crippen molar-refractivity contribution < 1.29 is 24.5 Å². The minimum absolute atomic E-state index is 0.0568. The van der Waals surface area contributed by atoms with Crippen LogP contribution in [0, 0.1) is 5.82 Å². The Labute approximate surface area is 217 Å². The third-order valence-electron chi connectivity index (χ3n) is 7.40. The van der Waals surface area contributed by atoms with Gasteiger partial charge < -0.3 is 20.6 Å². The van der Waals surface area contributed by atoms with Crippen molar-refractivity contribution in [2.45, 2.75) is 64.0 Å². The normalized spacial score (nSPS) is 16.8. The van der Waals surface area contributed by atoms with E-state index in [0.29, 0.717) is 12.1 Å². The highest BCUT2D eigenvalue weighted by Crippen LogP contribution is 2.49. The summed E-state index contributed by atoms with van der Waals surface area (Å²) in [6.07, 6.45) is 4.43. The van der Waals surface area contributed by atoms with Crippen LogP contribution in [-0.2, 0) is 17.4 Å². The summed E-state index contributed by atoms with van der Waals surface area (Å²) in [5.41, 5.74) is 5.34. The summed E-state index contributed by atoms with van der Waals surface area (Å²) in [5, 5.41) is 33.8. The Morgan fingerprint density at radius 1 is 1.03 bits per heavy atom. The molecule has 0 heterocycles. The summed E-state index contributed by atoms with van der Waals surface area (Å²) >= 11 is 0. The van der Waals surface area contributed by atoms with Crippen molar-refractivity contribution in [2.24, 2.45) is 0 Å². The SMILES string of the molecule is CC1(C)CCC(C)(C)c2c(NCc3ccc(F)cc3)cc(C(O)C=Cc3ccc(C(=O)O)c(O)c3)cc21. The van der Waals surface area contributed by atoms with Crippen molar-refractivity contribution in [1.82, 2.24) is 0 Å². The standard InChI is InChI=1S/C31H34FNO4/c1-30(2)13-14-31(3,4)28-24(30)16-21(17-25(28)33-18-20-5-9-22(32)10-6-20)26(34)12-8-19-7-11-23(29(36)37)27(35)15-19/h5-12,15-17,26,33-35H,13-14,18H2,1-4H3,(H,36,37). The van der Waals surface area contributed by atoms with Crippen LogP contribution in [0.3, 0.4) is 0 Å². The van der Waals surface area contributed by atoms with Crippen LogP contribution in [0.15, 0.2) is 60.7 Å². The lowest BCUT2D eigenvalue weighted by Crippen LogP contribution is -2.35. The molecule has 0 radical (unpaired) electrons. The van der Waals surface area contributed by atoms with Gasteiger partial charge in [-0.2, -0.15) is 0 Å². The van der Waals surface area contributed by atoms with Gasteiger partial charge in [-0.15, -0.1) is 0 Å². The van der Waals surface area contributed by atoms with Crippen molar-refractivity contribution in [1.29, 1.82) is 0 Å². The fraction of sp³-hybridized carbons (Fsp3) is 0.323. The highest BCUT2D eigenvalue weighted by molar-refractivity contribution is 5.91. The number of carboxylic acid groups (broad SMARTS) is 1. The Morgan fingerprint density at radius 3 is 2.35 bits per heavy atom. The molecule has 0 aromatic heterocycles. The van der Waals surface area contributed by atoms with Crippen LogP contribution in [0.1, 0.15) is 84.8 Å². The van der Waals surface area contributed by atoms with Crippen LogP contribution in [0.5, 0.6) is 5.75 Å². The Hall–Kier alpha value is -3.64. The molecule has 1 unspecified atom stereocenters. The zero-order valence-corrected chi connectivity index (χ0v) is 21.7. The molecule has 0 bridgehead atoms. The molecule has 0 aliphatic heterocycles. The quantitative estimate of drug-likeness (QED) is 0.280. The Balaban J connectivity index is 1.70. The largest absolute Gasteiger partial charge is 0.507 e. The summed E-state index contributed by atoms with van der Waals surface area (Å²) in [6, 6.07) is 14.8. The van der Waals surface area contributed by atoms with Crippen molar-refractivity contribution in [3.05, 3.63) is 99.9 Å². The first kappa shape index (κ1) is 26.4. The van der Waals surface area contributed by atoms with Crippen molar-refractivity contribution in [3.63, 3.8) is 0 Å². The molecule has 0 spiro atoms. The Morgan fingerprint density at radius 2 is 1.70 bits per heavy atom. The Kier molecular flexibility index (Phi) is 7.16. The van der Waals surface area contributed by atoms with E-state index < -0.39 is 12.1 Å². The van der Waals surface area contributed by atoms with Crippen LogP contribution in [-0.4, -0.2) is 21.3 Å². The summed E-state index contributed by atoms with van der Waals surface area (Å²) < 4.78 is 13.4. The van der Waals surface area contributed by atoms with E-state index in [4.69, 9.17) is 5.11 Å². The topological polar surface area (TPSA) is 89.8 Å². The first-order valence-corrected chi connectivity index (χ1v) is 12.5. The highest BCUT2D eigenvalue weighted by atomic mass is 19.1. The van der Waals surface area contributed by atoms with Crippen LogP contribution >= 0.6 is 0 Å². The third-order valence-corrected chi connectivity index (χ3v) is 7.40. The van der Waals surface area contributed by atoms with Crippen LogP contribution < -0.4 is 5.32 Å². The second kappa shape index (κ2) is 10.0. The zero-order valence-electron chi connectivity index (χ0n) is 21.7. The summed E-state index contributed by atoms with van der Waals surface area (Å²) in [6.45, 7) is 9.46. The van der Waals surface area contributed by atoms with Gasteiger partial charge in [0.1, 0.15) is 17.1 Å². The number of phenols is 1. The number of rotatable bonds is 7. The fourth-order valence-electron chi connectivity index (χ4n) is 5.07. The number of hydrogen-bond donors (Lipinski definition) is 4. The van der Waals surface area contributed by atoms with E-state index >= 15 is 0 Å². The van der Waals surface area contributed by atoms with E-state index in [9.17, 15) is 19.4 Å². The number of aliphatic hydroxyl groups excluding tert-OH is 1. The second-order valence-corrected chi connectivity index (χ2v) is 11.1. The minimum Gasteiger partial charge on any atom is -0.507 e. The van der Waals surface area contributed by atoms with E-state index in [1.807, 2.05) is 6.07 Å². The van der Waals surface area contributed by atoms with E-state index in [1.54, 1.807) is 30.4 Å². The highest BCUT2D eigenvalue weighted by Gasteiger charge is 2.39. The Bertz CT molecular complexity index is 1340. The summed E-state index contributed by atoms with van der Waals surface area (Å²) in [4.78, 5) is 11.1.